The summed E-state index contributed by atoms with van der Waals surface area (Å²) < 4.78 is 0. The van der Waals surface area contributed by atoms with E-state index in [-0.39, 0.29) is 11.6 Å². The maximum absolute atomic E-state index is 11.2. The average molecular weight is 320 g/mol. The van der Waals surface area contributed by atoms with E-state index in [9.17, 15) is 9.59 Å². The van der Waals surface area contributed by atoms with E-state index in [4.69, 9.17) is 4.84 Å². The largest absolute Gasteiger partial charge is 0.361 e. The van der Waals surface area contributed by atoms with Crippen LogP contribution in [0, 0.1) is 0 Å². The Morgan fingerprint density at radius 2 is 1.58 bits per heavy atom. The monoisotopic (exact) mass is 320 g/mol. The lowest BCUT2D eigenvalue weighted by molar-refractivity contribution is 0.0994. The zero-order valence-electron chi connectivity index (χ0n) is 13.1. The van der Waals surface area contributed by atoms with E-state index < -0.39 is 0 Å². The Morgan fingerprint density at radius 3 is 2.21 bits per heavy atom. The van der Waals surface area contributed by atoms with Crippen molar-refractivity contribution in [1.29, 1.82) is 0 Å². The predicted molar refractivity (Wildman–Crippen MR) is 93.2 cm³/mol. The van der Waals surface area contributed by atoms with Crippen molar-refractivity contribution in [2.45, 2.75) is 0 Å². The fourth-order valence-corrected chi connectivity index (χ4v) is 2.48. The molecule has 0 atom stereocenters. The number of anilines is 1. The molecule has 2 aromatic carbocycles. The molecular formula is C19H16N2O3. The molecule has 0 spiro atoms. The van der Waals surface area contributed by atoms with Gasteiger partial charge in [0.1, 0.15) is 0 Å². The molecule has 120 valence electrons. The summed E-state index contributed by atoms with van der Waals surface area (Å²) in [6, 6.07) is 14.9. The lowest BCUT2D eigenvalue weighted by Gasteiger charge is -2.06. The summed E-state index contributed by atoms with van der Waals surface area (Å²) in [5.41, 5.74) is 5.88. The molecule has 1 heterocycles. The summed E-state index contributed by atoms with van der Waals surface area (Å²) in [5.74, 6) is -0.185. The highest BCUT2D eigenvalue weighted by atomic mass is 16.6. The molecule has 0 aliphatic heterocycles. The maximum atomic E-state index is 11.2. The molecule has 5 heteroatoms. The number of hydrogen-bond acceptors (Lipinski definition) is 4. The van der Waals surface area contributed by atoms with Gasteiger partial charge in [-0.2, -0.15) is 0 Å². The van der Waals surface area contributed by atoms with Crippen LogP contribution in [0.1, 0.15) is 20.7 Å². The van der Waals surface area contributed by atoms with Crippen LogP contribution >= 0.6 is 0 Å². The smallest absolute Gasteiger partial charge is 0.186 e. The molecule has 0 saturated heterocycles. The van der Waals surface area contributed by atoms with Gasteiger partial charge in [0.25, 0.3) is 0 Å². The molecule has 0 fully saturated rings. The van der Waals surface area contributed by atoms with Gasteiger partial charge in [0.2, 0.25) is 0 Å². The molecule has 4 rings (SSSR count). The van der Waals surface area contributed by atoms with E-state index in [2.05, 4.69) is 10.5 Å². The van der Waals surface area contributed by atoms with Gasteiger partial charge in [0.15, 0.2) is 11.6 Å². The third kappa shape index (κ3) is 3.26. The molecule has 24 heavy (non-hydrogen) atoms. The number of benzene rings is 2. The number of nitrogens with one attached hydrogen (secondary N) is 2. The molecule has 0 amide bonds. The second-order valence-corrected chi connectivity index (χ2v) is 5.19. The first kappa shape index (κ1) is 15.7. The van der Waals surface area contributed by atoms with Crippen molar-refractivity contribution in [2.75, 3.05) is 12.6 Å². The minimum absolute atomic E-state index is 0.0924. The SMILES string of the molecule is CONc1ccc2[nH]ccc2c1.O=C1C=CC(=O)c2ccccc21. The number of ketones is 2. The number of rotatable bonds is 2. The number of H-pyrrole nitrogens is 1. The van der Waals surface area contributed by atoms with E-state index in [1.54, 1.807) is 31.4 Å². The fourth-order valence-electron chi connectivity index (χ4n) is 2.48. The molecule has 0 unspecified atom stereocenters. The quantitative estimate of drug-likeness (QED) is 0.705. The zero-order valence-corrected chi connectivity index (χ0v) is 13.1. The number of carbonyl (C=O) groups excluding carboxylic acids is 2. The summed E-state index contributed by atoms with van der Waals surface area (Å²) in [6.07, 6.45) is 4.54. The molecule has 2 N–H and O–H groups in total. The van der Waals surface area contributed by atoms with Crippen molar-refractivity contribution in [3.63, 3.8) is 0 Å². The van der Waals surface area contributed by atoms with Gasteiger partial charge in [-0.3, -0.25) is 19.9 Å². The topological polar surface area (TPSA) is 71.2 Å². The lowest BCUT2D eigenvalue weighted by atomic mass is 9.95. The van der Waals surface area contributed by atoms with Gasteiger partial charge in [-0.1, -0.05) is 24.3 Å². The number of carbonyl (C=O) groups is 2. The van der Waals surface area contributed by atoms with E-state index >= 15 is 0 Å². The Morgan fingerprint density at radius 1 is 0.917 bits per heavy atom. The van der Waals surface area contributed by atoms with Gasteiger partial charge in [-0.15, -0.1) is 0 Å². The van der Waals surface area contributed by atoms with Gasteiger partial charge in [0, 0.05) is 28.2 Å². The number of fused-ring (bicyclic) bond motifs is 2. The highest BCUT2D eigenvalue weighted by Crippen LogP contribution is 2.17. The van der Waals surface area contributed by atoms with Crippen molar-refractivity contribution in [1.82, 2.24) is 4.98 Å². The number of allylic oxidation sites excluding steroid dienone is 2. The second-order valence-electron chi connectivity index (χ2n) is 5.19. The third-order valence-electron chi connectivity index (χ3n) is 3.62. The predicted octanol–water partition coefficient (Wildman–Crippen LogP) is 3.76. The third-order valence-corrected chi connectivity index (χ3v) is 3.62. The summed E-state index contributed by atoms with van der Waals surface area (Å²) in [6.45, 7) is 0. The molecule has 3 aromatic rings. The van der Waals surface area contributed by atoms with E-state index in [0.717, 1.165) is 11.2 Å². The first-order valence-corrected chi connectivity index (χ1v) is 7.41. The summed E-state index contributed by atoms with van der Waals surface area (Å²) in [7, 11) is 1.60. The molecule has 5 nitrogen and oxygen atoms in total. The lowest BCUT2D eigenvalue weighted by Crippen LogP contribution is -2.10. The Kier molecular flexibility index (Phi) is 4.54. The highest BCUT2D eigenvalue weighted by molar-refractivity contribution is 6.21. The van der Waals surface area contributed by atoms with Gasteiger partial charge >= 0.3 is 0 Å². The van der Waals surface area contributed by atoms with Crippen LogP contribution in [-0.2, 0) is 4.84 Å². The normalized spacial score (nSPS) is 12.5. The summed E-state index contributed by atoms with van der Waals surface area (Å²) in [5, 5.41) is 1.18. The van der Waals surface area contributed by atoms with Crippen molar-refractivity contribution >= 4 is 28.2 Å². The number of hydrogen-bond donors (Lipinski definition) is 2. The Bertz CT molecular complexity index is 888. The van der Waals surface area contributed by atoms with Crippen molar-refractivity contribution in [3.05, 3.63) is 78.0 Å². The van der Waals surface area contributed by atoms with Gasteiger partial charge in [-0.25, -0.2) is 0 Å². The minimum Gasteiger partial charge on any atom is -0.361 e. The van der Waals surface area contributed by atoms with Crippen molar-refractivity contribution in [2.24, 2.45) is 0 Å². The van der Waals surface area contributed by atoms with Crippen LogP contribution in [0.15, 0.2) is 66.9 Å². The van der Waals surface area contributed by atoms with Crippen LogP contribution in [0.25, 0.3) is 10.9 Å². The standard InChI is InChI=1S/C10H6O2.C9H10N2O/c11-9-5-6-10(12)8-4-2-1-3-7(8)9;1-12-11-8-2-3-9-7(6-8)4-5-10-9/h1-6H;2-6,10-11H,1H3. The molecule has 1 aliphatic carbocycles. The van der Waals surface area contributed by atoms with E-state index in [1.165, 1.54) is 17.5 Å². The van der Waals surface area contributed by atoms with E-state index in [1.807, 2.05) is 30.5 Å². The highest BCUT2D eigenvalue weighted by Gasteiger charge is 2.16. The summed E-state index contributed by atoms with van der Waals surface area (Å²) >= 11 is 0. The van der Waals surface area contributed by atoms with Crippen LogP contribution in [0.3, 0.4) is 0 Å². The van der Waals surface area contributed by atoms with Crippen molar-refractivity contribution < 1.29 is 14.4 Å². The first-order chi connectivity index (χ1) is 11.7. The van der Waals surface area contributed by atoms with E-state index in [0.29, 0.717) is 11.1 Å². The molecule has 0 saturated carbocycles. The van der Waals surface area contributed by atoms with Crippen molar-refractivity contribution in [3.8, 4) is 0 Å². The maximum Gasteiger partial charge on any atom is 0.186 e. The van der Waals surface area contributed by atoms with Crippen LogP contribution in [-0.4, -0.2) is 23.7 Å². The molecular weight excluding hydrogens is 304 g/mol. The van der Waals surface area contributed by atoms with Crippen LogP contribution in [0.2, 0.25) is 0 Å². The Hall–Kier alpha value is -3.18. The molecule has 0 bridgehead atoms. The molecule has 1 aliphatic rings. The van der Waals surface area contributed by atoms with Crippen LogP contribution in [0.4, 0.5) is 5.69 Å². The zero-order chi connectivity index (χ0) is 16.9. The minimum atomic E-state index is -0.0924. The van der Waals surface area contributed by atoms with Gasteiger partial charge in [0.05, 0.1) is 12.8 Å². The average Bonchev–Trinajstić information content (AvgIpc) is 3.07. The fraction of sp³-hybridized carbons (Fsp3) is 0.0526. The van der Waals surface area contributed by atoms with Gasteiger partial charge in [-0.05, 0) is 36.4 Å². The van der Waals surface area contributed by atoms with Crippen LogP contribution in [0.5, 0.6) is 0 Å². The molecule has 0 radical (unpaired) electrons. The first-order valence-electron chi connectivity index (χ1n) is 7.41. The second kappa shape index (κ2) is 6.93. The van der Waals surface area contributed by atoms with Gasteiger partial charge < -0.3 is 4.98 Å². The Labute approximate surface area is 138 Å². The Balaban J connectivity index is 0.000000141. The number of aromatic amines is 1. The molecule has 1 aromatic heterocycles. The summed E-state index contributed by atoms with van der Waals surface area (Å²) in [4.78, 5) is 30.3. The number of aromatic nitrogens is 1. The van der Waals surface area contributed by atoms with Crippen LogP contribution < -0.4 is 5.48 Å².